The Labute approximate surface area is 285 Å². The monoisotopic (exact) mass is 690 g/mol. The number of esters is 2. The highest BCUT2D eigenvalue weighted by atomic mass is 31.2. The number of allylic oxidation sites excluding steroid dienone is 4. The number of rotatable bonds is 34. The van der Waals surface area contributed by atoms with Gasteiger partial charge in [-0.3, -0.25) is 18.6 Å². The Morgan fingerprint density at radius 1 is 0.638 bits per heavy atom. The highest BCUT2D eigenvalue weighted by Crippen LogP contribution is 2.43. The fourth-order valence-electron chi connectivity index (χ4n) is 4.73. The summed E-state index contributed by atoms with van der Waals surface area (Å²) in [5, 5.41) is 18.2. The van der Waals surface area contributed by atoms with Gasteiger partial charge in [-0.25, -0.2) is 4.57 Å². The Hall–Kier alpha value is -1.55. The average molecular weight is 691 g/mol. The van der Waals surface area contributed by atoms with Gasteiger partial charge in [0.2, 0.25) is 0 Å². The van der Waals surface area contributed by atoms with Crippen LogP contribution in [-0.2, 0) is 32.7 Å². The molecule has 0 saturated carbocycles. The van der Waals surface area contributed by atoms with Crippen LogP contribution in [0.2, 0.25) is 0 Å². The van der Waals surface area contributed by atoms with Gasteiger partial charge in [-0.15, -0.1) is 0 Å². The second-order valence-electron chi connectivity index (χ2n) is 12.3. The van der Waals surface area contributed by atoms with E-state index in [2.05, 4.69) is 42.7 Å². The van der Waals surface area contributed by atoms with Crippen LogP contribution in [0.3, 0.4) is 0 Å². The third kappa shape index (κ3) is 32.8. The van der Waals surface area contributed by atoms with Crippen molar-refractivity contribution in [2.24, 2.45) is 0 Å². The molecule has 0 fully saturated rings. The van der Waals surface area contributed by atoms with Crippen LogP contribution in [0.4, 0.5) is 0 Å². The number of hydrogen-bond donors (Lipinski definition) is 3. The largest absolute Gasteiger partial charge is 0.472 e. The van der Waals surface area contributed by atoms with Crippen molar-refractivity contribution in [1.29, 1.82) is 0 Å². The van der Waals surface area contributed by atoms with Crippen molar-refractivity contribution in [3.8, 4) is 0 Å². The minimum Gasteiger partial charge on any atom is -0.462 e. The zero-order chi connectivity index (χ0) is 34.9. The van der Waals surface area contributed by atoms with Crippen LogP contribution in [0.5, 0.6) is 0 Å². The molecule has 0 saturated heterocycles. The Morgan fingerprint density at radius 2 is 1.11 bits per heavy atom. The molecule has 0 aliphatic heterocycles. The molecule has 0 heterocycles. The molecule has 0 radical (unpaired) electrons. The smallest absolute Gasteiger partial charge is 0.462 e. The number of carbonyl (C=O) groups excluding carboxylic acids is 2. The maximum absolute atomic E-state index is 12.5. The van der Waals surface area contributed by atoms with E-state index < -0.39 is 51.8 Å². The first-order valence-electron chi connectivity index (χ1n) is 18.3. The summed E-state index contributed by atoms with van der Waals surface area (Å²) in [6, 6.07) is 0. The summed E-state index contributed by atoms with van der Waals surface area (Å²) in [6.07, 6.45) is 28.8. The number of ether oxygens (including phenoxy) is 2. The van der Waals surface area contributed by atoms with E-state index in [4.69, 9.17) is 19.1 Å². The van der Waals surface area contributed by atoms with Gasteiger partial charge < -0.3 is 24.6 Å². The quantitative estimate of drug-likeness (QED) is 0.0259. The number of aliphatic hydroxyl groups is 2. The fourth-order valence-corrected chi connectivity index (χ4v) is 5.52. The van der Waals surface area contributed by atoms with Crippen LogP contribution in [0.15, 0.2) is 24.3 Å². The van der Waals surface area contributed by atoms with E-state index in [0.29, 0.717) is 12.8 Å². The number of carbonyl (C=O) groups is 2. The van der Waals surface area contributed by atoms with Crippen LogP contribution in [-0.4, -0.2) is 65.7 Å². The second kappa shape index (κ2) is 33.0. The maximum atomic E-state index is 12.5. The summed E-state index contributed by atoms with van der Waals surface area (Å²) in [4.78, 5) is 34.6. The summed E-state index contributed by atoms with van der Waals surface area (Å²) >= 11 is 0. The molecule has 1 unspecified atom stereocenters. The first kappa shape index (κ1) is 45.5. The van der Waals surface area contributed by atoms with E-state index in [-0.39, 0.29) is 19.4 Å². The lowest BCUT2D eigenvalue weighted by atomic mass is 10.1. The molecule has 0 bridgehead atoms. The minimum absolute atomic E-state index is 0.177. The first-order chi connectivity index (χ1) is 22.7. The molecule has 0 aromatic carbocycles. The van der Waals surface area contributed by atoms with Gasteiger partial charge in [0.05, 0.1) is 19.8 Å². The van der Waals surface area contributed by atoms with Crippen molar-refractivity contribution in [2.75, 3.05) is 26.4 Å². The van der Waals surface area contributed by atoms with E-state index in [1.165, 1.54) is 57.8 Å². The highest BCUT2D eigenvalue weighted by Gasteiger charge is 2.27. The zero-order valence-electron chi connectivity index (χ0n) is 29.5. The predicted octanol–water partition coefficient (Wildman–Crippen LogP) is 8.66. The van der Waals surface area contributed by atoms with Crippen LogP contribution in [0, 0.1) is 0 Å². The van der Waals surface area contributed by atoms with Crippen molar-refractivity contribution >= 4 is 19.8 Å². The molecular formula is C36H67O10P. The number of unbranched alkanes of at least 4 members (excludes halogenated alkanes) is 16. The summed E-state index contributed by atoms with van der Waals surface area (Å²) in [5.41, 5.74) is 0. The van der Waals surface area contributed by atoms with E-state index in [0.717, 1.165) is 57.8 Å². The van der Waals surface area contributed by atoms with Gasteiger partial charge in [-0.05, 0) is 44.9 Å². The third-order valence-corrected chi connectivity index (χ3v) is 8.56. The summed E-state index contributed by atoms with van der Waals surface area (Å²) < 4.78 is 32.4. The van der Waals surface area contributed by atoms with Crippen LogP contribution in [0.25, 0.3) is 0 Å². The molecule has 3 N–H and O–H groups in total. The molecule has 10 nitrogen and oxygen atoms in total. The van der Waals surface area contributed by atoms with Gasteiger partial charge in [0.1, 0.15) is 12.7 Å². The Bertz CT molecular complexity index is 848. The van der Waals surface area contributed by atoms with E-state index in [1.807, 2.05) is 0 Å². The molecule has 276 valence electrons. The summed E-state index contributed by atoms with van der Waals surface area (Å²) in [7, 11) is -4.60. The number of phosphoric acid groups is 1. The summed E-state index contributed by atoms with van der Waals surface area (Å²) in [6.45, 7) is 2.27. The molecule has 0 amide bonds. The van der Waals surface area contributed by atoms with E-state index >= 15 is 0 Å². The predicted molar refractivity (Wildman–Crippen MR) is 187 cm³/mol. The van der Waals surface area contributed by atoms with E-state index in [1.54, 1.807) is 0 Å². The Kier molecular flexibility index (Phi) is 31.9. The van der Waals surface area contributed by atoms with Gasteiger partial charge in [0, 0.05) is 12.8 Å². The van der Waals surface area contributed by atoms with Crippen molar-refractivity contribution in [3.63, 3.8) is 0 Å². The summed E-state index contributed by atoms with van der Waals surface area (Å²) in [5.74, 6) is -0.941. The maximum Gasteiger partial charge on any atom is 0.472 e. The van der Waals surface area contributed by atoms with Gasteiger partial charge >= 0.3 is 19.8 Å². The lowest BCUT2D eigenvalue weighted by molar-refractivity contribution is -0.161. The number of aliphatic hydroxyl groups excluding tert-OH is 2. The van der Waals surface area contributed by atoms with E-state index in [9.17, 15) is 24.2 Å². The molecular weight excluding hydrogens is 623 g/mol. The second-order valence-corrected chi connectivity index (χ2v) is 13.7. The number of phosphoric ester groups is 1. The molecule has 0 aliphatic carbocycles. The molecule has 0 spiro atoms. The Balaban J connectivity index is 4.32. The lowest BCUT2D eigenvalue weighted by Crippen LogP contribution is -2.29. The van der Waals surface area contributed by atoms with Crippen molar-refractivity contribution < 1.29 is 47.8 Å². The molecule has 3 atom stereocenters. The molecule has 0 aromatic rings. The standard InChI is InChI=1S/C36H67O10P/c1-3-5-7-9-11-12-13-14-15-16-17-18-19-20-22-24-26-28-36(40)46-34(32-45-47(41,42)44-30-33(38)29-37)31-43-35(39)27-25-23-21-10-8-6-4-2/h11-12,14-15,33-34,37-38H,3-10,13,16-32H2,1-2H3,(H,41,42)/b12-11+,15-14+/t33-,34+/m0/s1. The number of hydrogen-bond acceptors (Lipinski definition) is 9. The normalized spacial score (nSPS) is 14.4. The van der Waals surface area contributed by atoms with Crippen molar-refractivity contribution in [1.82, 2.24) is 0 Å². The van der Waals surface area contributed by atoms with Gasteiger partial charge in [0.15, 0.2) is 6.10 Å². The SMILES string of the molecule is CCCCC/C=C/C/C=C/CCCCCCCCCC(=O)O[C@H](COC(=O)CCCCCCCCC)COP(=O)(O)OC[C@@H](O)CO. The molecule has 47 heavy (non-hydrogen) atoms. The highest BCUT2D eigenvalue weighted by molar-refractivity contribution is 7.47. The zero-order valence-corrected chi connectivity index (χ0v) is 30.4. The Morgan fingerprint density at radius 3 is 1.68 bits per heavy atom. The van der Waals surface area contributed by atoms with Gasteiger partial charge in [-0.2, -0.15) is 0 Å². The minimum atomic E-state index is -4.60. The first-order valence-corrected chi connectivity index (χ1v) is 19.8. The van der Waals surface area contributed by atoms with Crippen molar-refractivity contribution in [2.45, 2.75) is 167 Å². The third-order valence-electron chi connectivity index (χ3n) is 7.61. The molecule has 0 aliphatic rings. The molecule has 0 aromatic heterocycles. The topological polar surface area (TPSA) is 149 Å². The average Bonchev–Trinajstić information content (AvgIpc) is 3.05. The molecule has 11 heteroatoms. The van der Waals surface area contributed by atoms with Crippen LogP contribution >= 0.6 is 7.82 Å². The van der Waals surface area contributed by atoms with Gasteiger partial charge in [-0.1, -0.05) is 122 Å². The lowest BCUT2D eigenvalue weighted by Gasteiger charge is -2.20. The fraction of sp³-hybridized carbons (Fsp3) is 0.833. The van der Waals surface area contributed by atoms with Crippen molar-refractivity contribution in [3.05, 3.63) is 24.3 Å². The molecule has 0 rings (SSSR count). The van der Waals surface area contributed by atoms with Crippen LogP contribution < -0.4 is 0 Å². The van der Waals surface area contributed by atoms with Gasteiger partial charge in [0.25, 0.3) is 0 Å². The van der Waals surface area contributed by atoms with Crippen LogP contribution in [0.1, 0.15) is 155 Å².